The Morgan fingerprint density at radius 3 is 2.83 bits per heavy atom. The van der Waals surface area contributed by atoms with Gasteiger partial charge in [-0.05, 0) is 25.0 Å². The average Bonchev–Trinajstić information content (AvgIpc) is 2.48. The van der Waals surface area contributed by atoms with E-state index in [0.717, 1.165) is 12.1 Å². The van der Waals surface area contributed by atoms with Gasteiger partial charge in [-0.1, -0.05) is 25.7 Å². The van der Waals surface area contributed by atoms with Crippen molar-refractivity contribution < 1.29 is 0 Å². The molecule has 1 aromatic heterocycles. The van der Waals surface area contributed by atoms with Crippen molar-refractivity contribution in [2.24, 2.45) is 0 Å². The molecule has 0 unspecified atom stereocenters. The van der Waals surface area contributed by atoms with Gasteiger partial charge in [-0.2, -0.15) is 0 Å². The van der Waals surface area contributed by atoms with E-state index >= 15 is 0 Å². The zero-order valence-corrected chi connectivity index (χ0v) is 7.72. The number of aromatic nitrogens is 1. The van der Waals surface area contributed by atoms with E-state index in [1.807, 2.05) is 19.2 Å². The van der Waals surface area contributed by atoms with Crippen molar-refractivity contribution in [2.75, 3.05) is 0 Å². The maximum Gasteiger partial charge on any atom is 0.0450 e. The summed E-state index contributed by atoms with van der Waals surface area (Å²) in [4.78, 5) is 3.19. The second-order valence-corrected chi connectivity index (χ2v) is 2.70. The molecule has 0 bridgehead atoms. The molecule has 1 N–H and O–H groups in total. The molecule has 0 radical (unpaired) electrons. The van der Waals surface area contributed by atoms with E-state index in [1.54, 1.807) is 0 Å². The van der Waals surface area contributed by atoms with Crippen LogP contribution in [0.5, 0.6) is 0 Å². The summed E-state index contributed by atoms with van der Waals surface area (Å²) in [5.41, 5.74) is 3.74. The summed E-state index contributed by atoms with van der Waals surface area (Å²) in [7, 11) is 0. The summed E-state index contributed by atoms with van der Waals surface area (Å²) in [5, 5.41) is 0. The van der Waals surface area contributed by atoms with Gasteiger partial charge in [0.1, 0.15) is 0 Å². The van der Waals surface area contributed by atoms with E-state index in [9.17, 15) is 0 Å². The minimum atomic E-state index is 1.06. The lowest BCUT2D eigenvalue weighted by Crippen LogP contribution is -1.80. The molecule has 0 aliphatic heterocycles. The van der Waals surface area contributed by atoms with Crippen LogP contribution in [0.2, 0.25) is 0 Å². The topological polar surface area (TPSA) is 15.8 Å². The lowest BCUT2D eigenvalue weighted by molar-refractivity contribution is 1.14. The number of hydrogen-bond acceptors (Lipinski definition) is 0. The smallest absolute Gasteiger partial charge is 0.0450 e. The van der Waals surface area contributed by atoms with Crippen molar-refractivity contribution in [3.8, 4) is 0 Å². The van der Waals surface area contributed by atoms with Crippen molar-refractivity contribution in [1.82, 2.24) is 4.98 Å². The van der Waals surface area contributed by atoms with E-state index in [-0.39, 0.29) is 0 Å². The van der Waals surface area contributed by atoms with E-state index in [4.69, 9.17) is 0 Å². The van der Waals surface area contributed by atoms with Crippen LogP contribution in [0.25, 0.3) is 12.2 Å². The zero-order valence-electron chi connectivity index (χ0n) is 7.72. The molecule has 0 amide bonds. The highest BCUT2D eigenvalue weighted by molar-refractivity contribution is 5.65. The Bertz CT molecular complexity index is 292. The van der Waals surface area contributed by atoms with Crippen LogP contribution in [0.4, 0.5) is 0 Å². The second kappa shape index (κ2) is 3.96. The number of allylic oxidation sites excluding steroid dienone is 1. The SMILES string of the molecule is C=Cc1[nH]cc(CC)c1/C=C\C. The molecule has 0 fully saturated rings. The van der Waals surface area contributed by atoms with Gasteiger partial charge in [0.05, 0.1) is 0 Å². The number of nitrogens with one attached hydrogen (secondary N) is 1. The summed E-state index contributed by atoms with van der Waals surface area (Å²) in [5.74, 6) is 0. The van der Waals surface area contributed by atoms with Crippen LogP contribution < -0.4 is 0 Å². The van der Waals surface area contributed by atoms with Gasteiger partial charge in [-0.15, -0.1) is 0 Å². The number of aryl methyl sites for hydroxylation is 1. The third-order valence-electron chi connectivity index (χ3n) is 1.96. The van der Waals surface area contributed by atoms with Gasteiger partial charge in [0.25, 0.3) is 0 Å². The Morgan fingerprint density at radius 1 is 1.58 bits per heavy atom. The van der Waals surface area contributed by atoms with Gasteiger partial charge in [0, 0.05) is 17.5 Å². The number of rotatable bonds is 3. The average molecular weight is 161 g/mol. The first-order valence-electron chi connectivity index (χ1n) is 4.28. The van der Waals surface area contributed by atoms with Gasteiger partial charge < -0.3 is 4.98 Å². The molecule has 1 rings (SSSR count). The molecule has 1 heteroatoms. The maximum absolute atomic E-state index is 3.76. The molecule has 1 aromatic rings. The Morgan fingerprint density at radius 2 is 2.33 bits per heavy atom. The van der Waals surface area contributed by atoms with Gasteiger partial charge >= 0.3 is 0 Å². The van der Waals surface area contributed by atoms with E-state index in [2.05, 4.69) is 30.6 Å². The number of H-pyrrole nitrogens is 1. The lowest BCUT2D eigenvalue weighted by atomic mass is 10.1. The molecule has 0 aliphatic carbocycles. The number of hydrogen-bond donors (Lipinski definition) is 1. The van der Waals surface area contributed by atoms with E-state index in [1.165, 1.54) is 11.1 Å². The Labute approximate surface area is 73.8 Å². The van der Waals surface area contributed by atoms with E-state index in [0.29, 0.717) is 0 Å². The van der Waals surface area contributed by atoms with E-state index < -0.39 is 0 Å². The largest absolute Gasteiger partial charge is 0.361 e. The summed E-state index contributed by atoms with van der Waals surface area (Å²) < 4.78 is 0. The quantitative estimate of drug-likeness (QED) is 0.700. The molecule has 0 saturated carbocycles. The summed E-state index contributed by atoms with van der Waals surface area (Å²) >= 11 is 0. The van der Waals surface area contributed by atoms with Crippen molar-refractivity contribution >= 4 is 12.2 Å². The van der Waals surface area contributed by atoms with Crippen LogP contribution in [0.1, 0.15) is 30.7 Å². The molecule has 1 nitrogen and oxygen atoms in total. The first kappa shape index (κ1) is 8.85. The zero-order chi connectivity index (χ0) is 8.97. The van der Waals surface area contributed by atoms with Crippen LogP contribution >= 0.6 is 0 Å². The first-order chi connectivity index (χ1) is 5.83. The highest BCUT2D eigenvalue weighted by Crippen LogP contribution is 2.17. The molecule has 0 aromatic carbocycles. The maximum atomic E-state index is 3.76. The molecule has 0 atom stereocenters. The molecule has 0 spiro atoms. The summed E-state index contributed by atoms with van der Waals surface area (Å²) in [6, 6.07) is 0. The first-order valence-corrected chi connectivity index (χ1v) is 4.28. The molecular formula is C11H15N. The summed E-state index contributed by atoms with van der Waals surface area (Å²) in [6.45, 7) is 7.94. The highest BCUT2D eigenvalue weighted by Gasteiger charge is 2.02. The summed E-state index contributed by atoms with van der Waals surface area (Å²) in [6.07, 6.45) is 9.13. The van der Waals surface area contributed by atoms with Crippen molar-refractivity contribution in [3.05, 3.63) is 35.7 Å². The molecule has 0 aliphatic rings. The second-order valence-electron chi connectivity index (χ2n) is 2.70. The Kier molecular flexibility index (Phi) is 2.92. The van der Waals surface area contributed by atoms with Crippen molar-refractivity contribution in [1.29, 1.82) is 0 Å². The molecule has 64 valence electrons. The predicted octanol–water partition coefficient (Wildman–Crippen LogP) is 3.25. The third kappa shape index (κ3) is 1.50. The minimum Gasteiger partial charge on any atom is -0.361 e. The van der Waals surface area contributed by atoms with Crippen LogP contribution in [-0.4, -0.2) is 4.98 Å². The predicted molar refractivity (Wildman–Crippen MR) is 55.0 cm³/mol. The third-order valence-corrected chi connectivity index (χ3v) is 1.96. The fourth-order valence-electron chi connectivity index (χ4n) is 1.32. The van der Waals surface area contributed by atoms with Gasteiger partial charge in [0.15, 0.2) is 0 Å². The number of aromatic amines is 1. The van der Waals surface area contributed by atoms with Crippen molar-refractivity contribution in [2.45, 2.75) is 20.3 Å². The fraction of sp³-hybridized carbons (Fsp3) is 0.273. The van der Waals surface area contributed by atoms with Gasteiger partial charge in [-0.3, -0.25) is 0 Å². The Balaban J connectivity index is 3.15. The molecule has 0 saturated heterocycles. The van der Waals surface area contributed by atoms with Gasteiger partial charge in [-0.25, -0.2) is 0 Å². The fourth-order valence-corrected chi connectivity index (χ4v) is 1.32. The van der Waals surface area contributed by atoms with Crippen molar-refractivity contribution in [3.63, 3.8) is 0 Å². The minimum absolute atomic E-state index is 1.06. The molecule has 12 heavy (non-hydrogen) atoms. The normalized spacial score (nSPS) is 10.8. The van der Waals surface area contributed by atoms with Crippen LogP contribution in [0.3, 0.4) is 0 Å². The monoisotopic (exact) mass is 161 g/mol. The lowest BCUT2D eigenvalue weighted by Gasteiger charge is -1.95. The highest BCUT2D eigenvalue weighted by atomic mass is 14.7. The van der Waals surface area contributed by atoms with Crippen LogP contribution in [0, 0.1) is 0 Å². The molecule has 1 heterocycles. The van der Waals surface area contributed by atoms with Gasteiger partial charge in [0.2, 0.25) is 0 Å². The Hall–Kier alpha value is -1.24. The molecular weight excluding hydrogens is 146 g/mol. The van der Waals surface area contributed by atoms with Crippen LogP contribution in [-0.2, 0) is 6.42 Å². The standard InChI is InChI=1S/C11H15N/c1-4-7-10-9(5-2)8-12-11(10)6-3/h4,6-8,12H,3,5H2,1-2H3/b7-4-. The van der Waals surface area contributed by atoms with Crippen LogP contribution in [0.15, 0.2) is 18.9 Å².